The SMILES string of the molecule is COC(=O)C1(c2ccc(S(=O)(=O)NCC(F)(F)CN)cc2)CC1.Cl. The fourth-order valence-electron chi connectivity index (χ4n) is 2.24. The first-order chi connectivity index (χ1) is 10.7. The average Bonchev–Trinajstić information content (AvgIpc) is 3.34. The van der Waals surface area contributed by atoms with E-state index in [-0.39, 0.29) is 23.3 Å². The third kappa shape index (κ3) is 4.21. The molecule has 1 aliphatic rings. The molecule has 0 radical (unpaired) electrons. The lowest BCUT2D eigenvalue weighted by Crippen LogP contribution is -2.41. The highest BCUT2D eigenvalue weighted by Crippen LogP contribution is 2.49. The Morgan fingerprint density at radius 1 is 1.33 bits per heavy atom. The van der Waals surface area contributed by atoms with Gasteiger partial charge in [-0.3, -0.25) is 4.79 Å². The van der Waals surface area contributed by atoms with E-state index in [0.717, 1.165) is 0 Å². The molecular formula is C14H19ClF2N2O4S. The van der Waals surface area contributed by atoms with Crippen LogP contribution in [0.4, 0.5) is 8.78 Å². The molecule has 0 atom stereocenters. The van der Waals surface area contributed by atoms with Crippen molar-refractivity contribution < 1.29 is 26.7 Å². The first-order valence-corrected chi connectivity index (χ1v) is 8.42. The number of ether oxygens (including phenoxy) is 1. The molecule has 24 heavy (non-hydrogen) atoms. The number of esters is 1. The van der Waals surface area contributed by atoms with Crippen molar-refractivity contribution in [2.24, 2.45) is 5.73 Å². The van der Waals surface area contributed by atoms with Crippen LogP contribution in [0.1, 0.15) is 18.4 Å². The standard InChI is InChI=1S/C14H18F2N2O4S.ClH/c1-22-12(19)13(6-7-13)10-2-4-11(5-3-10)23(20,21)18-9-14(15,16)8-17;/h2-5,18H,6-9,17H2,1H3;1H. The first kappa shape index (κ1) is 20.8. The van der Waals surface area contributed by atoms with Gasteiger partial charge in [0.1, 0.15) is 0 Å². The quantitative estimate of drug-likeness (QED) is 0.688. The summed E-state index contributed by atoms with van der Waals surface area (Å²) < 4.78 is 56.7. The minimum Gasteiger partial charge on any atom is -0.468 e. The zero-order chi connectivity index (χ0) is 17.3. The molecule has 0 aromatic heterocycles. The number of benzene rings is 1. The predicted molar refractivity (Wildman–Crippen MR) is 85.8 cm³/mol. The number of rotatable bonds is 7. The van der Waals surface area contributed by atoms with Crippen LogP contribution in [0.3, 0.4) is 0 Å². The van der Waals surface area contributed by atoms with Gasteiger partial charge in [-0.15, -0.1) is 12.4 Å². The van der Waals surface area contributed by atoms with Gasteiger partial charge in [-0.2, -0.15) is 0 Å². The van der Waals surface area contributed by atoms with Crippen molar-refractivity contribution in [3.8, 4) is 0 Å². The number of hydrogen-bond donors (Lipinski definition) is 2. The van der Waals surface area contributed by atoms with Crippen molar-refractivity contribution in [1.82, 2.24) is 4.72 Å². The summed E-state index contributed by atoms with van der Waals surface area (Å²) in [6, 6.07) is 5.56. The molecule has 136 valence electrons. The highest BCUT2D eigenvalue weighted by Gasteiger charge is 2.52. The van der Waals surface area contributed by atoms with Crippen LogP contribution in [0.15, 0.2) is 29.2 Å². The first-order valence-electron chi connectivity index (χ1n) is 6.93. The van der Waals surface area contributed by atoms with Gasteiger partial charge in [0.25, 0.3) is 5.92 Å². The van der Waals surface area contributed by atoms with Gasteiger partial charge >= 0.3 is 5.97 Å². The molecule has 1 aromatic carbocycles. The second kappa shape index (κ2) is 7.30. The lowest BCUT2D eigenvalue weighted by molar-refractivity contribution is -0.143. The summed E-state index contributed by atoms with van der Waals surface area (Å²) in [7, 11) is -2.78. The van der Waals surface area contributed by atoms with E-state index in [1.807, 2.05) is 4.72 Å². The highest BCUT2D eigenvalue weighted by molar-refractivity contribution is 7.89. The number of hydrogen-bond acceptors (Lipinski definition) is 5. The van der Waals surface area contributed by atoms with E-state index in [0.29, 0.717) is 18.4 Å². The van der Waals surface area contributed by atoms with Crippen LogP contribution in [-0.4, -0.2) is 40.5 Å². The Labute approximate surface area is 145 Å². The van der Waals surface area contributed by atoms with Crippen LogP contribution < -0.4 is 10.5 Å². The van der Waals surface area contributed by atoms with Crippen molar-refractivity contribution in [2.45, 2.75) is 29.1 Å². The zero-order valence-electron chi connectivity index (χ0n) is 12.9. The molecule has 6 nitrogen and oxygen atoms in total. The molecule has 0 saturated heterocycles. The van der Waals surface area contributed by atoms with Crippen molar-refractivity contribution in [2.75, 3.05) is 20.2 Å². The normalized spacial score (nSPS) is 16.2. The number of alkyl halides is 2. The van der Waals surface area contributed by atoms with E-state index < -0.39 is 34.5 Å². The minimum atomic E-state index is -4.07. The number of carbonyl (C=O) groups is 1. The Balaban J connectivity index is 0.00000288. The molecular weight excluding hydrogens is 366 g/mol. The summed E-state index contributed by atoms with van der Waals surface area (Å²) in [4.78, 5) is 11.6. The number of sulfonamides is 1. The highest BCUT2D eigenvalue weighted by atomic mass is 35.5. The molecule has 1 aromatic rings. The number of nitrogens with two attached hydrogens (primary N) is 1. The Bertz CT molecular complexity index is 691. The molecule has 1 aliphatic carbocycles. The van der Waals surface area contributed by atoms with E-state index in [1.165, 1.54) is 31.4 Å². The number of nitrogens with one attached hydrogen (secondary N) is 1. The lowest BCUT2D eigenvalue weighted by atomic mass is 9.96. The second-order valence-electron chi connectivity index (χ2n) is 5.48. The van der Waals surface area contributed by atoms with Crippen LogP contribution in [0.25, 0.3) is 0 Å². The molecule has 0 bridgehead atoms. The van der Waals surface area contributed by atoms with Gasteiger partial charge in [0, 0.05) is 0 Å². The average molecular weight is 385 g/mol. The van der Waals surface area contributed by atoms with E-state index in [1.54, 1.807) is 0 Å². The van der Waals surface area contributed by atoms with Crippen LogP contribution >= 0.6 is 12.4 Å². The van der Waals surface area contributed by atoms with E-state index in [4.69, 9.17) is 10.5 Å². The monoisotopic (exact) mass is 384 g/mol. The van der Waals surface area contributed by atoms with Gasteiger partial charge in [0.15, 0.2) is 0 Å². The minimum absolute atomic E-state index is 0. The number of carbonyl (C=O) groups excluding carboxylic acids is 1. The Morgan fingerprint density at radius 2 is 1.88 bits per heavy atom. The molecule has 1 saturated carbocycles. The maximum Gasteiger partial charge on any atom is 0.316 e. The fourth-order valence-corrected chi connectivity index (χ4v) is 3.30. The Kier molecular flexibility index (Phi) is 6.31. The summed E-state index contributed by atoms with van der Waals surface area (Å²) in [5.74, 6) is -3.68. The molecule has 0 amide bonds. The summed E-state index contributed by atoms with van der Waals surface area (Å²) in [6.45, 7) is -2.02. The van der Waals surface area contributed by atoms with Crippen LogP contribution in [-0.2, 0) is 25.0 Å². The predicted octanol–water partition coefficient (Wildman–Crippen LogP) is 1.19. The molecule has 2 rings (SSSR count). The second-order valence-corrected chi connectivity index (χ2v) is 7.25. The zero-order valence-corrected chi connectivity index (χ0v) is 14.6. The van der Waals surface area contributed by atoms with Crippen molar-refractivity contribution in [1.29, 1.82) is 0 Å². The summed E-state index contributed by atoms with van der Waals surface area (Å²) in [6.07, 6.45) is 1.26. The maximum absolute atomic E-state index is 13.1. The van der Waals surface area contributed by atoms with Gasteiger partial charge in [-0.05, 0) is 30.5 Å². The van der Waals surface area contributed by atoms with Crippen molar-refractivity contribution in [3.05, 3.63) is 29.8 Å². The molecule has 3 N–H and O–H groups in total. The van der Waals surface area contributed by atoms with Crippen LogP contribution in [0.5, 0.6) is 0 Å². The Morgan fingerprint density at radius 3 is 2.29 bits per heavy atom. The van der Waals surface area contributed by atoms with Gasteiger partial charge in [-0.1, -0.05) is 12.1 Å². The van der Waals surface area contributed by atoms with Crippen molar-refractivity contribution >= 4 is 28.4 Å². The molecule has 1 fully saturated rings. The molecule has 10 heteroatoms. The maximum atomic E-state index is 13.1. The van der Waals surface area contributed by atoms with Gasteiger partial charge < -0.3 is 10.5 Å². The topological polar surface area (TPSA) is 98.5 Å². The third-order valence-corrected chi connectivity index (χ3v) is 5.28. The lowest BCUT2D eigenvalue weighted by Gasteiger charge is -2.16. The van der Waals surface area contributed by atoms with Gasteiger partial charge in [-0.25, -0.2) is 21.9 Å². The van der Waals surface area contributed by atoms with Crippen LogP contribution in [0.2, 0.25) is 0 Å². The van der Waals surface area contributed by atoms with Gasteiger partial charge in [0.05, 0.1) is 30.5 Å². The number of methoxy groups -OCH3 is 1. The number of halogens is 3. The van der Waals surface area contributed by atoms with E-state index >= 15 is 0 Å². The molecule has 0 heterocycles. The summed E-state index contributed by atoms with van der Waals surface area (Å²) >= 11 is 0. The third-order valence-electron chi connectivity index (χ3n) is 3.86. The van der Waals surface area contributed by atoms with E-state index in [9.17, 15) is 22.0 Å². The van der Waals surface area contributed by atoms with E-state index in [2.05, 4.69) is 0 Å². The fraction of sp³-hybridized carbons (Fsp3) is 0.500. The largest absolute Gasteiger partial charge is 0.468 e. The van der Waals surface area contributed by atoms with Crippen molar-refractivity contribution in [3.63, 3.8) is 0 Å². The Hall–Kier alpha value is -1.29. The molecule has 0 aliphatic heterocycles. The summed E-state index contributed by atoms with van der Waals surface area (Å²) in [5, 5.41) is 0. The smallest absolute Gasteiger partial charge is 0.316 e. The summed E-state index contributed by atoms with van der Waals surface area (Å²) in [5.41, 5.74) is 4.80. The molecule has 0 spiro atoms. The molecule has 0 unspecified atom stereocenters. The van der Waals surface area contributed by atoms with Crippen LogP contribution in [0, 0.1) is 0 Å². The van der Waals surface area contributed by atoms with Gasteiger partial charge in [0.2, 0.25) is 10.0 Å².